The van der Waals surface area contributed by atoms with Gasteiger partial charge in [-0.2, -0.15) is 0 Å². The molecule has 0 aliphatic rings. The highest BCUT2D eigenvalue weighted by atomic mass is 32.2. The Labute approximate surface area is 66.0 Å². The summed E-state index contributed by atoms with van der Waals surface area (Å²) in [4.78, 5) is 10.7. The quantitative estimate of drug-likeness (QED) is 0.603. The minimum atomic E-state index is -3.47. The molecule has 0 fully saturated rings. The van der Waals surface area contributed by atoms with Crippen molar-refractivity contribution in [2.24, 2.45) is 0 Å². The third-order valence-corrected chi connectivity index (χ3v) is 2.17. The Hall–Kier alpha value is -0.780. The van der Waals surface area contributed by atoms with Crippen LogP contribution >= 0.6 is 0 Å². The lowest BCUT2D eigenvalue weighted by molar-refractivity contribution is 0.136. The van der Waals surface area contributed by atoms with E-state index in [0.29, 0.717) is 4.31 Å². The summed E-state index contributed by atoms with van der Waals surface area (Å²) in [5.74, 6) is 0. The van der Waals surface area contributed by atoms with Crippen molar-refractivity contribution in [3.63, 3.8) is 0 Å². The van der Waals surface area contributed by atoms with Gasteiger partial charge in [0.15, 0.2) is 0 Å². The van der Waals surface area contributed by atoms with E-state index >= 15 is 0 Å². The van der Waals surface area contributed by atoms with Gasteiger partial charge in [-0.05, 0) is 6.92 Å². The molecule has 11 heavy (non-hydrogen) atoms. The summed E-state index contributed by atoms with van der Waals surface area (Å²) in [5, 5.41) is 0. The van der Waals surface area contributed by atoms with Crippen LogP contribution < -0.4 is 0 Å². The van der Waals surface area contributed by atoms with Crippen molar-refractivity contribution in [3.05, 3.63) is 0 Å². The average molecular weight is 181 g/mol. The third-order valence-electron chi connectivity index (χ3n) is 1.02. The summed E-state index contributed by atoms with van der Waals surface area (Å²) in [6, 6.07) is 0. The van der Waals surface area contributed by atoms with E-state index in [0.717, 1.165) is 13.3 Å². The zero-order valence-electron chi connectivity index (χ0n) is 6.70. The molecule has 0 aromatic carbocycles. The molecule has 0 atom stereocenters. The Morgan fingerprint density at radius 2 is 2.00 bits per heavy atom. The zero-order valence-corrected chi connectivity index (χ0v) is 7.51. The fourth-order valence-electron chi connectivity index (χ4n) is 0.350. The molecule has 0 rings (SSSR count). The zero-order chi connectivity index (χ0) is 9.07. The average Bonchev–Trinajstić information content (AvgIpc) is 1.85. The number of carbonyl (C=O) groups is 1. The summed E-state index contributed by atoms with van der Waals surface area (Å²) >= 11 is 0. The fraction of sp³-hybridized carbons (Fsp3) is 0.800. The fourth-order valence-corrected chi connectivity index (χ4v) is 0.673. The Kier molecular flexibility index (Phi) is 3.31. The number of amides is 1. The van der Waals surface area contributed by atoms with Crippen LogP contribution in [0.4, 0.5) is 4.79 Å². The van der Waals surface area contributed by atoms with E-state index in [2.05, 4.69) is 4.74 Å². The van der Waals surface area contributed by atoms with Crippen molar-refractivity contribution < 1.29 is 17.9 Å². The molecule has 0 aliphatic heterocycles. The minimum absolute atomic E-state index is 0.165. The Morgan fingerprint density at radius 3 is 2.27 bits per heavy atom. The van der Waals surface area contributed by atoms with E-state index in [1.54, 1.807) is 6.92 Å². The van der Waals surface area contributed by atoms with Crippen molar-refractivity contribution in [3.8, 4) is 0 Å². The molecule has 0 saturated heterocycles. The Bertz CT molecular complexity index is 233. The van der Waals surface area contributed by atoms with E-state index in [9.17, 15) is 13.2 Å². The van der Waals surface area contributed by atoms with Gasteiger partial charge in [0.05, 0.1) is 12.9 Å². The van der Waals surface area contributed by atoms with Crippen LogP contribution in [0.3, 0.4) is 0 Å². The number of rotatable bonds is 2. The van der Waals surface area contributed by atoms with Crippen LogP contribution in [0.1, 0.15) is 6.92 Å². The lowest BCUT2D eigenvalue weighted by Gasteiger charge is -2.12. The molecule has 0 unspecified atom stereocenters. The van der Waals surface area contributed by atoms with Crippen LogP contribution in [-0.2, 0) is 14.8 Å². The second kappa shape index (κ2) is 3.56. The number of sulfonamides is 1. The summed E-state index contributed by atoms with van der Waals surface area (Å²) < 4.78 is 26.3. The summed E-state index contributed by atoms with van der Waals surface area (Å²) in [5.41, 5.74) is 0. The van der Waals surface area contributed by atoms with Gasteiger partial charge in [0, 0.05) is 7.05 Å². The third kappa shape index (κ3) is 3.22. The van der Waals surface area contributed by atoms with Gasteiger partial charge in [-0.15, -0.1) is 0 Å². The number of hydrogen-bond donors (Lipinski definition) is 0. The van der Waals surface area contributed by atoms with Crippen LogP contribution in [0.2, 0.25) is 0 Å². The number of carbonyl (C=O) groups excluding carboxylic acids is 1. The van der Waals surface area contributed by atoms with Gasteiger partial charge < -0.3 is 4.74 Å². The topological polar surface area (TPSA) is 63.7 Å². The first-order valence-corrected chi connectivity index (χ1v) is 4.85. The van der Waals surface area contributed by atoms with Gasteiger partial charge >= 0.3 is 6.09 Å². The van der Waals surface area contributed by atoms with Crippen LogP contribution in [-0.4, -0.2) is 38.7 Å². The van der Waals surface area contributed by atoms with E-state index in [-0.39, 0.29) is 6.61 Å². The molecule has 0 bridgehead atoms. The van der Waals surface area contributed by atoms with Crippen LogP contribution in [0.25, 0.3) is 0 Å². The van der Waals surface area contributed by atoms with E-state index in [4.69, 9.17) is 0 Å². The maximum atomic E-state index is 10.7. The second-order valence-corrected chi connectivity index (χ2v) is 3.94. The normalized spacial score (nSPS) is 10.8. The molecule has 66 valence electrons. The first-order chi connectivity index (χ1) is 4.89. The SMILES string of the molecule is CCOC(=O)N(C)S(C)(=O)=O. The monoisotopic (exact) mass is 181 g/mol. The molecule has 0 aromatic heterocycles. The predicted molar refractivity (Wildman–Crippen MR) is 39.6 cm³/mol. The highest BCUT2D eigenvalue weighted by Crippen LogP contribution is 1.96. The molecule has 0 saturated carbocycles. The predicted octanol–water partition coefficient (Wildman–Crippen LogP) is 0.0343. The molecule has 0 aliphatic carbocycles. The van der Waals surface area contributed by atoms with Crippen molar-refractivity contribution in [2.45, 2.75) is 6.92 Å². The molecule has 6 heteroatoms. The molecule has 0 radical (unpaired) electrons. The molecule has 0 N–H and O–H groups in total. The Morgan fingerprint density at radius 1 is 1.55 bits per heavy atom. The van der Waals surface area contributed by atoms with Crippen molar-refractivity contribution in [1.82, 2.24) is 4.31 Å². The van der Waals surface area contributed by atoms with Gasteiger partial charge in [0.25, 0.3) is 0 Å². The van der Waals surface area contributed by atoms with Crippen LogP contribution in [0.5, 0.6) is 0 Å². The minimum Gasteiger partial charge on any atom is -0.449 e. The molecule has 1 amide bonds. The molecule has 0 heterocycles. The van der Waals surface area contributed by atoms with E-state index in [1.807, 2.05) is 0 Å². The van der Waals surface area contributed by atoms with E-state index < -0.39 is 16.1 Å². The molecule has 0 aromatic rings. The van der Waals surface area contributed by atoms with Gasteiger partial charge in [-0.1, -0.05) is 0 Å². The number of nitrogens with zero attached hydrogens (tertiary/aromatic N) is 1. The molecule has 5 nitrogen and oxygen atoms in total. The van der Waals surface area contributed by atoms with Gasteiger partial charge in [-0.25, -0.2) is 17.5 Å². The lowest BCUT2D eigenvalue weighted by Crippen LogP contribution is -2.32. The maximum absolute atomic E-state index is 10.7. The molecule has 0 spiro atoms. The van der Waals surface area contributed by atoms with Crippen LogP contribution in [0, 0.1) is 0 Å². The van der Waals surface area contributed by atoms with Gasteiger partial charge in [-0.3, -0.25) is 0 Å². The largest absolute Gasteiger partial charge is 0.449 e. The number of ether oxygens (including phenoxy) is 1. The standard InChI is InChI=1S/C5H11NO4S/c1-4-10-5(7)6(2)11(3,8)9/h4H2,1-3H3. The van der Waals surface area contributed by atoms with Crippen LogP contribution in [0.15, 0.2) is 0 Å². The first kappa shape index (κ1) is 10.2. The highest BCUT2D eigenvalue weighted by molar-refractivity contribution is 7.88. The smallest absolute Gasteiger partial charge is 0.423 e. The van der Waals surface area contributed by atoms with Crippen molar-refractivity contribution >= 4 is 16.1 Å². The maximum Gasteiger partial charge on any atom is 0.423 e. The van der Waals surface area contributed by atoms with Gasteiger partial charge in [0.1, 0.15) is 0 Å². The second-order valence-electron chi connectivity index (χ2n) is 1.93. The molecular weight excluding hydrogens is 170 g/mol. The summed E-state index contributed by atoms with van der Waals surface area (Å²) in [6.07, 6.45) is 0.0826. The van der Waals surface area contributed by atoms with E-state index in [1.165, 1.54) is 0 Å². The summed E-state index contributed by atoms with van der Waals surface area (Å²) in [7, 11) is -2.32. The van der Waals surface area contributed by atoms with Crippen molar-refractivity contribution in [1.29, 1.82) is 0 Å². The lowest BCUT2D eigenvalue weighted by atomic mass is 10.9. The van der Waals surface area contributed by atoms with Crippen molar-refractivity contribution in [2.75, 3.05) is 19.9 Å². The number of hydrogen-bond acceptors (Lipinski definition) is 4. The Balaban J connectivity index is 4.27. The molecular formula is C5H11NO4S. The first-order valence-electron chi connectivity index (χ1n) is 3.00. The summed E-state index contributed by atoms with van der Waals surface area (Å²) in [6.45, 7) is 1.77. The highest BCUT2D eigenvalue weighted by Gasteiger charge is 2.18. The van der Waals surface area contributed by atoms with Gasteiger partial charge in [0.2, 0.25) is 10.0 Å².